The van der Waals surface area contributed by atoms with Crippen molar-refractivity contribution in [2.75, 3.05) is 4.90 Å². The van der Waals surface area contributed by atoms with Crippen molar-refractivity contribution in [2.45, 2.75) is 0 Å². The van der Waals surface area contributed by atoms with E-state index in [1.54, 1.807) is 0 Å². The molecule has 0 amide bonds. The van der Waals surface area contributed by atoms with Crippen LogP contribution in [0.1, 0.15) is 0 Å². The van der Waals surface area contributed by atoms with E-state index in [0.29, 0.717) is 0 Å². The van der Waals surface area contributed by atoms with Gasteiger partial charge in [0, 0.05) is 33.5 Å². The fourth-order valence-electron chi connectivity index (χ4n) is 6.90. The zero-order valence-corrected chi connectivity index (χ0v) is 25.2. The van der Waals surface area contributed by atoms with E-state index in [-0.39, 0.29) is 0 Å². The van der Waals surface area contributed by atoms with Gasteiger partial charge < -0.3 is 9.47 Å². The zero-order valence-electron chi connectivity index (χ0n) is 25.2. The van der Waals surface area contributed by atoms with E-state index < -0.39 is 0 Å². The third kappa shape index (κ3) is 4.43. The van der Waals surface area contributed by atoms with Crippen molar-refractivity contribution < 1.29 is 0 Å². The first-order valence-electron chi connectivity index (χ1n) is 15.8. The van der Waals surface area contributed by atoms with Gasteiger partial charge in [-0.25, -0.2) is 0 Å². The molecule has 0 saturated carbocycles. The van der Waals surface area contributed by atoms with E-state index in [2.05, 4.69) is 191 Å². The molecule has 1 heterocycles. The fraction of sp³-hybridized carbons (Fsp3) is 0. The van der Waals surface area contributed by atoms with Crippen molar-refractivity contribution in [1.29, 1.82) is 0 Å². The maximum Gasteiger partial charge on any atom is 0.0547 e. The number of para-hydroxylation sites is 2. The number of hydrogen-bond acceptors (Lipinski definition) is 1. The molecule has 0 N–H and O–H groups in total. The second-order valence-corrected chi connectivity index (χ2v) is 11.9. The van der Waals surface area contributed by atoms with Gasteiger partial charge in [-0.3, -0.25) is 0 Å². The second-order valence-electron chi connectivity index (χ2n) is 11.9. The summed E-state index contributed by atoms with van der Waals surface area (Å²) in [5.74, 6) is 0. The predicted molar refractivity (Wildman–Crippen MR) is 196 cm³/mol. The van der Waals surface area contributed by atoms with Gasteiger partial charge in [0.25, 0.3) is 0 Å². The minimum absolute atomic E-state index is 1.11. The third-order valence-corrected chi connectivity index (χ3v) is 9.11. The number of nitrogens with zero attached hydrogens (tertiary/aromatic N) is 2. The van der Waals surface area contributed by atoms with Crippen molar-refractivity contribution in [3.8, 4) is 16.8 Å². The van der Waals surface area contributed by atoms with Gasteiger partial charge in [0.05, 0.1) is 11.0 Å². The lowest BCUT2D eigenvalue weighted by molar-refractivity contribution is 1.17. The van der Waals surface area contributed by atoms with Crippen molar-refractivity contribution in [3.05, 3.63) is 182 Å². The Morgan fingerprint density at radius 1 is 0.326 bits per heavy atom. The molecule has 0 atom stereocenters. The highest BCUT2D eigenvalue weighted by molar-refractivity contribution is 6.13. The average molecular weight is 587 g/mol. The Morgan fingerprint density at radius 2 is 0.935 bits per heavy atom. The first-order valence-corrected chi connectivity index (χ1v) is 15.8. The smallest absolute Gasteiger partial charge is 0.0547 e. The molecule has 0 aliphatic rings. The van der Waals surface area contributed by atoms with Gasteiger partial charge in [-0.15, -0.1) is 0 Å². The number of aromatic nitrogens is 1. The molecular formula is C44H30N2. The molecular weight excluding hydrogens is 556 g/mol. The van der Waals surface area contributed by atoms with Crippen LogP contribution in [-0.2, 0) is 0 Å². The van der Waals surface area contributed by atoms with Gasteiger partial charge in [-0.05, 0) is 105 Å². The monoisotopic (exact) mass is 586 g/mol. The molecule has 8 aromatic carbocycles. The molecule has 216 valence electrons. The summed E-state index contributed by atoms with van der Waals surface area (Å²) in [6, 6.07) is 65.7. The summed E-state index contributed by atoms with van der Waals surface area (Å²) in [5, 5.41) is 7.55. The lowest BCUT2D eigenvalue weighted by Gasteiger charge is -2.26. The van der Waals surface area contributed by atoms with E-state index >= 15 is 0 Å². The SMILES string of the molecule is c1ccc(N(c2ccc(-n3c4ccccc4c4cc5ccccc5cc43)cc2)c2cccc(-c3ccc4ccccc4c3)c2)cc1. The van der Waals surface area contributed by atoms with E-state index in [9.17, 15) is 0 Å². The van der Waals surface area contributed by atoms with Crippen LogP contribution in [0.2, 0.25) is 0 Å². The van der Waals surface area contributed by atoms with Crippen LogP contribution in [0.25, 0.3) is 60.2 Å². The minimum atomic E-state index is 1.11. The maximum absolute atomic E-state index is 2.40. The molecule has 0 aliphatic carbocycles. The van der Waals surface area contributed by atoms with Gasteiger partial charge in [0.15, 0.2) is 0 Å². The number of benzene rings is 8. The lowest BCUT2D eigenvalue weighted by atomic mass is 10.0. The highest BCUT2D eigenvalue weighted by Crippen LogP contribution is 2.39. The van der Waals surface area contributed by atoms with E-state index in [1.165, 1.54) is 54.5 Å². The molecule has 46 heavy (non-hydrogen) atoms. The van der Waals surface area contributed by atoms with E-state index in [1.807, 2.05) is 0 Å². The van der Waals surface area contributed by atoms with Crippen molar-refractivity contribution >= 4 is 60.4 Å². The Bertz CT molecular complexity index is 2520. The number of hydrogen-bond donors (Lipinski definition) is 0. The second kappa shape index (κ2) is 10.8. The van der Waals surface area contributed by atoms with Crippen LogP contribution in [-0.4, -0.2) is 4.57 Å². The quantitative estimate of drug-likeness (QED) is 0.195. The van der Waals surface area contributed by atoms with Crippen LogP contribution in [0.3, 0.4) is 0 Å². The molecule has 0 radical (unpaired) electrons. The minimum Gasteiger partial charge on any atom is -0.310 e. The Morgan fingerprint density at radius 3 is 1.74 bits per heavy atom. The van der Waals surface area contributed by atoms with Crippen molar-refractivity contribution in [1.82, 2.24) is 4.57 Å². The Labute approximate surface area is 268 Å². The van der Waals surface area contributed by atoms with Crippen molar-refractivity contribution in [2.24, 2.45) is 0 Å². The van der Waals surface area contributed by atoms with Gasteiger partial charge in [-0.2, -0.15) is 0 Å². The first kappa shape index (κ1) is 26.3. The Hall–Kier alpha value is -6.12. The van der Waals surface area contributed by atoms with Crippen LogP contribution in [0, 0.1) is 0 Å². The zero-order chi connectivity index (χ0) is 30.5. The Kier molecular flexibility index (Phi) is 6.17. The molecule has 1 aromatic heterocycles. The molecule has 2 heteroatoms. The van der Waals surface area contributed by atoms with Crippen LogP contribution >= 0.6 is 0 Å². The average Bonchev–Trinajstić information content (AvgIpc) is 3.44. The van der Waals surface area contributed by atoms with Crippen LogP contribution in [0.15, 0.2) is 182 Å². The molecule has 0 aliphatic heterocycles. The van der Waals surface area contributed by atoms with E-state index in [0.717, 1.165) is 22.7 Å². The summed E-state index contributed by atoms with van der Waals surface area (Å²) in [4.78, 5) is 2.34. The lowest BCUT2D eigenvalue weighted by Crippen LogP contribution is -2.10. The highest BCUT2D eigenvalue weighted by Gasteiger charge is 2.16. The molecule has 0 saturated heterocycles. The molecule has 2 nitrogen and oxygen atoms in total. The standard InChI is InChI=1S/C44H30N2/c1-2-16-37(17-3-1)45(40-18-10-15-33(28-40)36-22-21-31-11-4-5-12-32(31)27-36)38-23-25-39(26-24-38)46-43-20-9-8-19-41(43)42-29-34-13-6-7-14-35(34)30-44(42)46/h1-30H. The van der Waals surface area contributed by atoms with Crippen LogP contribution in [0.5, 0.6) is 0 Å². The van der Waals surface area contributed by atoms with Crippen molar-refractivity contribution in [3.63, 3.8) is 0 Å². The van der Waals surface area contributed by atoms with Crippen LogP contribution < -0.4 is 4.90 Å². The largest absolute Gasteiger partial charge is 0.310 e. The van der Waals surface area contributed by atoms with Gasteiger partial charge in [0.2, 0.25) is 0 Å². The normalized spacial score (nSPS) is 11.5. The summed E-state index contributed by atoms with van der Waals surface area (Å²) >= 11 is 0. The van der Waals surface area contributed by atoms with Gasteiger partial charge in [-0.1, -0.05) is 109 Å². The molecule has 9 rings (SSSR count). The summed E-state index contributed by atoms with van der Waals surface area (Å²) in [5.41, 5.74) is 9.32. The molecule has 0 unspecified atom stereocenters. The summed E-state index contributed by atoms with van der Waals surface area (Å²) < 4.78 is 2.40. The summed E-state index contributed by atoms with van der Waals surface area (Å²) in [7, 11) is 0. The number of fused-ring (bicyclic) bond motifs is 5. The molecule has 0 fully saturated rings. The third-order valence-electron chi connectivity index (χ3n) is 9.11. The molecule has 0 bridgehead atoms. The topological polar surface area (TPSA) is 8.17 Å². The summed E-state index contributed by atoms with van der Waals surface area (Å²) in [6.45, 7) is 0. The summed E-state index contributed by atoms with van der Waals surface area (Å²) in [6.07, 6.45) is 0. The van der Waals surface area contributed by atoms with E-state index in [4.69, 9.17) is 0 Å². The van der Waals surface area contributed by atoms with Gasteiger partial charge >= 0.3 is 0 Å². The number of anilines is 3. The first-order chi connectivity index (χ1) is 22.8. The fourth-order valence-corrected chi connectivity index (χ4v) is 6.90. The Balaban J connectivity index is 1.17. The van der Waals surface area contributed by atoms with Crippen LogP contribution in [0.4, 0.5) is 17.1 Å². The predicted octanol–water partition coefficient (Wildman–Crippen LogP) is 12.2. The molecule has 0 spiro atoms. The number of rotatable bonds is 5. The van der Waals surface area contributed by atoms with Gasteiger partial charge in [0.1, 0.15) is 0 Å². The molecule has 9 aromatic rings. The highest BCUT2D eigenvalue weighted by atomic mass is 15.1. The maximum atomic E-state index is 2.40.